The van der Waals surface area contributed by atoms with Crippen LogP contribution in [0.3, 0.4) is 0 Å². The summed E-state index contributed by atoms with van der Waals surface area (Å²) in [6.07, 6.45) is 2.81. The largest absolute Gasteiger partial charge is 0.317 e. The number of unbranched alkanes of at least 4 members (excludes halogenated alkanes) is 1. The van der Waals surface area contributed by atoms with Gasteiger partial charge in [0.05, 0.1) is 5.75 Å². The van der Waals surface area contributed by atoms with E-state index in [1.807, 2.05) is 0 Å². The minimum atomic E-state index is -3.05. The third-order valence-corrected chi connectivity index (χ3v) is 5.79. The van der Waals surface area contributed by atoms with Crippen LogP contribution >= 0.6 is 0 Å². The number of hydrogen-bond donors (Lipinski definition) is 1. The van der Waals surface area contributed by atoms with E-state index in [0.717, 1.165) is 45.4 Å². The van der Waals surface area contributed by atoms with Crippen molar-refractivity contribution in [2.24, 2.45) is 0 Å². The highest BCUT2D eigenvalue weighted by Crippen LogP contribution is 2.11. The van der Waals surface area contributed by atoms with E-state index in [9.17, 15) is 8.42 Å². The van der Waals surface area contributed by atoms with Gasteiger partial charge in [-0.25, -0.2) is 8.42 Å². The Morgan fingerprint density at radius 3 is 2.25 bits per heavy atom. The van der Waals surface area contributed by atoms with Gasteiger partial charge in [-0.05, 0) is 46.2 Å². The molecule has 1 heterocycles. The highest BCUT2D eigenvalue weighted by Gasteiger charge is 2.27. The molecule has 0 aromatic rings. The lowest BCUT2D eigenvalue weighted by atomic mass is 10.3. The minimum absolute atomic E-state index is 0.294. The van der Waals surface area contributed by atoms with Crippen LogP contribution < -0.4 is 5.32 Å². The highest BCUT2D eigenvalue weighted by atomic mass is 32.2. The second-order valence-electron chi connectivity index (χ2n) is 5.80. The average Bonchev–Trinajstić information content (AvgIpc) is 2.43. The zero-order valence-corrected chi connectivity index (χ0v) is 14.1. The second kappa shape index (κ2) is 8.97. The Bertz CT molecular complexity index is 349. The highest BCUT2D eigenvalue weighted by molar-refractivity contribution is 7.89. The predicted molar refractivity (Wildman–Crippen MR) is 84.5 cm³/mol. The molecule has 120 valence electrons. The van der Waals surface area contributed by atoms with Crippen LogP contribution in [0.25, 0.3) is 0 Å². The van der Waals surface area contributed by atoms with Crippen LogP contribution in [-0.4, -0.2) is 68.7 Å². The van der Waals surface area contributed by atoms with Gasteiger partial charge in [-0.3, -0.25) is 4.90 Å². The molecule has 0 bridgehead atoms. The van der Waals surface area contributed by atoms with Crippen LogP contribution in [0, 0.1) is 0 Å². The molecule has 1 fully saturated rings. The van der Waals surface area contributed by atoms with E-state index in [1.54, 1.807) is 4.31 Å². The number of nitrogens with zero attached hydrogens (tertiary/aromatic N) is 2. The third kappa shape index (κ3) is 6.08. The van der Waals surface area contributed by atoms with Crippen LogP contribution in [0.4, 0.5) is 0 Å². The summed E-state index contributed by atoms with van der Waals surface area (Å²) in [5.41, 5.74) is 0. The molecule has 1 saturated heterocycles. The summed E-state index contributed by atoms with van der Waals surface area (Å²) in [6.45, 7) is 11.4. The molecule has 1 rings (SSSR count). The maximum Gasteiger partial charge on any atom is 0.214 e. The summed E-state index contributed by atoms with van der Waals surface area (Å²) in [6, 6.07) is 0.504. The molecule has 20 heavy (non-hydrogen) atoms. The fourth-order valence-corrected chi connectivity index (χ4v) is 4.01. The fraction of sp³-hybridized carbons (Fsp3) is 1.00. The molecule has 5 nitrogen and oxygen atoms in total. The third-order valence-electron chi connectivity index (χ3n) is 3.83. The molecular weight excluding hydrogens is 274 g/mol. The molecule has 0 aromatic carbocycles. The Morgan fingerprint density at radius 1 is 1.05 bits per heavy atom. The van der Waals surface area contributed by atoms with Gasteiger partial charge in [0.2, 0.25) is 10.0 Å². The Morgan fingerprint density at radius 2 is 1.70 bits per heavy atom. The lowest BCUT2D eigenvalue weighted by Gasteiger charge is -2.36. The number of nitrogens with one attached hydrogen (secondary N) is 1. The van der Waals surface area contributed by atoms with Crippen molar-refractivity contribution in [2.75, 3.05) is 45.0 Å². The van der Waals surface area contributed by atoms with Gasteiger partial charge in [-0.15, -0.1) is 0 Å². The quantitative estimate of drug-likeness (QED) is 0.649. The molecule has 0 saturated carbocycles. The van der Waals surface area contributed by atoms with Crippen LogP contribution in [0.1, 0.15) is 40.0 Å². The summed E-state index contributed by atoms with van der Waals surface area (Å²) >= 11 is 0. The monoisotopic (exact) mass is 305 g/mol. The first kappa shape index (κ1) is 17.9. The first-order chi connectivity index (χ1) is 9.47. The summed E-state index contributed by atoms with van der Waals surface area (Å²) < 4.78 is 26.1. The van der Waals surface area contributed by atoms with Crippen molar-refractivity contribution in [3.05, 3.63) is 0 Å². The molecule has 0 aromatic heterocycles. The smallest absolute Gasteiger partial charge is 0.214 e. The summed E-state index contributed by atoms with van der Waals surface area (Å²) in [4.78, 5) is 2.33. The predicted octanol–water partition coefficient (Wildman–Crippen LogP) is 1.12. The Labute approximate surface area is 124 Å². The van der Waals surface area contributed by atoms with E-state index in [1.165, 1.54) is 0 Å². The van der Waals surface area contributed by atoms with Crippen molar-refractivity contribution in [2.45, 2.75) is 46.1 Å². The number of rotatable bonds is 9. The number of hydrogen-bond acceptors (Lipinski definition) is 4. The SMILES string of the molecule is CCCNCCCCS(=O)(=O)N1CCN(C(C)C)CC1. The first-order valence-electron chi connectivity index (χ1n) is 7.90. The van der Waals surface area contributed by atoms with Crippen molar-refractivity contribution in [3.8, 4) is 0 Å². The minimum Gasteiger partial charge on any atom is -0.317 e. The van der Waals surface area contributed by atoms with Crippen LogP contribution in [0.5, 0.6) is 0 Å². The average molecular weight is 305 g/mol. The molecule has 1 aliphatic rings. The van der Waals surface area contributed by atoms with E-state index in [-0.39, 0.29) is 0 Å². The van der Waals surface area contributed by atoms with Crippen molar-refractivity contribution in [1.82, 2.24) is 14.5 Å². The summed E-state index contributed by atoms with van der Waals surface area (Å²) in [5, 5.41) is 3.30. The van der Waals surface area contributed by atoms with Gasteiger partial charge in [0.25, 0.3) is 0 Å². The van der Waals surface area contributed by atoms with Gasteiger partial charge in [-0.2, -0.15) is 4.31 Å². The molecule has 0 atom stereocenters. The molecule has 1 N–H and O–H groups in total. The molecule has 0 aliphatic carbocycles. The fourth-order valence-electron chi connectivity index (χ4n) is 2.46. The Hall–Kier alpha value is -0.170. The molecular formula is C14H31N3O2S. The van der Waals surface area contributed by atoms with Crippen molar-refractivity contribution >= 4 is 10.0 Å². The maximum absolute atomic E-state index is 12.2. The van der Waals surface area contributed by atoms with Gasteiger partial charge in [-0.1, -0.05) is 6.92 Å². The molecule has 0 radical (unpaired) electrons. The first-order valence-corrected chi connectivity index (χ1v) is 9.51. The zero-order valence-electron chi connectivity index (χ0n) is 13.3. The van der Waals surface area contributed by atoms with E-state index >= 15 is 0 Å². The van der Waals surface area contributed by atoms with Gasteiger partial charge < -0.3 is 5.32 Å². The molecule has 0 spiro atoms. The number of sulfonamides is 1. The van der Waals surface area contributed by atoms with Gasteiger partial charge in [0.15, 0.2) is 0 Å². The molecule has 1 aliphatic heterocycles. The van der Waals surface area contributed by atoms with Crippen LogP contribution in [0.15, 0.2) is 0 Å². The second-order valence-corrected chi connectivity index (χ2v) is 7.89. The summed E-state index contributed by atoms with van der Waals surface area (Å²) in [7, 11) is -3.05. The topological polar surface area (TPSA) is 52.7 Å². The molecule has 0 amide bonds. The zero-order chi connectivity index (χ0) is 15.0. The van der Waals surface area contributed by atoms with E-state index in [2.05, 4.69) is 31.0 Å². The van der Waals surface area contributed by atoms with E-state index in [0.29, 0.717) is 24.9 Å². The lowest BCUT2D eigenvalue weighted by Crippen LogP contribution is -2.51. The van der Waals surface area contributed by atoms with Crippen LogP contribution in [0.2, 0.25) is 0 Å². The van der Waals surface area contributed by atoms with Gasteiger partial charge in [0.1, 0.15) is 0 Å². The van der Waals surface area contributed by atoms with Crippen molar-refractivity contribution < 1.29 is 8.42 Å². The Kier molecular flexibility index (Phi) is 8.02. The molecule has 6 heteroatoms. The Balaban J connectivity index is 2.24. The number of piperazine rings is 1. The summed E-state index contributed by atoms with van der Waals surface area (Å²) in [5.74, 6) is 0.294. The van der Waals surface area contributed by atoms with E-state index < -0.39 is 10.0 Å². The molecule has 0 unspecified atom stereocenters. The van der Waals surface area contributed by atoms with Crippen molar-refractivity contribution in [1.29, 1.82) is 0 Å². The van der Waals surface area contributed by atoms with E-state index in [4.69, 9.17) is 0 Å². The van der Waals surface area contributed by atoms with Crippen LogP contribution in [-0.2, 0) is 10.0 Å². The normalized spacial score (nSPS) is 18.8. The maximum atomic E-state index is 12.2. The van der Waals surface area contributed by atoms with Gasteiger partial charge >= 0.3 is 0 Å². The van der Waals surface area contributed by atoms with Gasteiger partial charge in [0, 0.05) is 32.2 Å². The van der Waals surface area contributed by atoms with Crippen molar-refractivity contribution in [3.63, 3.8) is 0 Å². The standard InChI is InChI=1S/C14H31N3O2S/c1-4-7-15-8-5-6-13-20(18,19)17-11-9-16(10-12-17)14(2)3/h14-15H,4-13H2,1-3H3. The lowest BCUT2D eigenvalue weighted by molar-refractivity contribution is 0.154.